The molecule has 29 heavy (non-hydrogen) atoms. The molecule has 0 atom stereocenters. The van der Waals surface area contributed by atoms with E-state index >= 15 is 0 Å². The van der Waals surface area contributed by atoms with Crippen molar-refractivity contribution in [1.29, 1.82) is 0 Å². The average molecular weight is 429 g/mol. The lowest BCUT2D eigenvalue weighted by Crippen LogP contribution is -2.34. The Labute approximate surface area is 170 Å². The van der Waals surface area contributed by atoms with E-state index in [0.717, 1.165) is 44.1 Å². The molecule has 0 unspecified atom stereocenters. The van der Waals surface area contributed by atoms with Crippen LogP contribution in [0.15, 0.2) is 29.4 Å². The third-order valence-corrected chi connectivity index (χ3v) is 5.33. The number of aromatic nitrogens is 3. The van der Waals surface area contributed by atoms with Gasteiger partial charge in [-0.25, -0.2) is 0 Å². The van der Waals surface area contributed by atoms with Crippen molar-refractivity contribution in [2.75, 3.05) is 37.4 Å². The number of rotatable bonds is 7. The van der Waals surface area contributed by atoms with Gasteiger partial charge in [0.25, 0.3) is 0 Å². The van der Waals surface area contributed by atoms with Crippen LogP contribution in [0.3, 0.4) is 0 Å². The minimum atomic E-state index is -4.45. The lowest BCUT2D eigenvalue weighted by molar-refractivity contribution is -0.136. The first kappa shape index (κ1) is 21.3. The van der Waals surface area contributed by atoms with E-state index in [9.17, 15) is 18.0 Å². The molecular formula is C18H22F3N5O2S. The zero-order valence-corrected chi connectivity index (χ0v) is 16.7. The summed E-state index contributed by atoms with van der Waals surface area (Å²) in [7, 11) is 1.56. The van der Waals surface area contributed by atoms with Gasteiger partial charge in [-0.3, -0.25) is 9.36 Å². The minimum Gasteiger partial charge on any atom is -0.495 e. The van der Waals surface area contributed by atoms with Crippen molar-refractivity contribution < 1.29 is 22.7 Å². The molecule has 0 radical (unpaired) electrons. The van der Waals surface area contributed by atoms with Gasteiger partial charge in [0.2, 0.25) is 11.9 Å². The highest BCUT2D eigenvalue weighted by molar-refractivity contribution is 7.99. The molecule has 3 rings (SSSR count). The average Bonchev–Trinajstić information content (AvgIpc) is 3.14. The third kappa shape index (κ3) is 5.55. The van der Waals surface area contributed by atoms with Gasteiger partial charge in [0.15, 0.2) is 5.16 Å². The molecule has 1 aliphatic heterocycles. The maximum absolute atomic E-state index is 12.3. The predicted octanol–water partition coefficient (Wildman–Crippen LogP) is 3.04. The van der Waals surface area contributed by atoms with Crippen molar-refractivity contribution in [3.63, 3.8) is 0 Å². The molecule has 0 spiro atoms. The summed E-state index contributed by atoms with van der Waals surface area (Å²) < 4.78 is 44.1. The number of para-hydroxylation sites is 2. The van der Waals surface area contributed by atoms with Crippen LogP contribution in [-0.2, 0) is 4.79 Å². The first-order valence-electron chi connectivity index (χ1n) is 9.19. The number of carbonyl (C=O) groups is 1. The number of anilines is 1. The molecule has 11 heteroatoms. The van der Waals surface area contributed by atoms with Crippen molar-refractivity contribution in [2.45, 2.75) is 30.6 Å². The molecule has 1 fully saturated rings. The monoisotopic (exact) mass is 429 g/mol. The van der Waals surface area contributed by atoms with Crippen LogP contribution in [-0.4, -0.2) is 59.3 Å². The maximum atomic E-state index is 12.3. The first-order valence-corrected chi connectivity index (χ1v) is 10.2. The molecule has 0 saturated carbocycles. The summed E-state index contributed by atoms with van der Waals surface area (Å²) in [6, 6.07) is 7.34. The summed E-state index contributed by atoms with van der Waals surface area (Å²) in [5.74, 6) is 0.311. The number of nitrogens with zero attached hydrogens (tertiary/aromatic N) is 4. The van der Waals surface area contributed by atoms with E-state index in [-0.39, 0.29) is 5.75 Å². The topological polar surface area (TPSA) is 72.3 Å². The lowest BCUT2D eigenvalue weighted by Gasteiger charge is -2.28. The Morgan fingerprint density at radius 1 is 1.21 bits per heavy atom. The smallest absolute Gasteiger partial charge is 0.405 e. The van der Waals surface area contributed by atoms with Crippen LogP contribution < -0.4 is 15.0 Å². The molecule has 0 bridgehead atoms. The number of alkyl halides is 3. The number of methoxy groups -OCH3 is 1. The van der Waals surface area contributed by atoms with Crippen LogP contribution in [0.1, 0.15) is 19.3 Å². The maximum Gasteiger partial charge on any atom is 0.405 e. The summed E-state index contributed by atoms with van der Waals surface area (Å²) in [6.07, 6.45) is -1.21. The molecule has 1 saturated heterocycles. The number of hydrogen-bond acceptors (Lipinski definition) is 6. The van der Waals surface area contributed by atoms with Crippen LogP contribution in [0.5, 0.6) is 5.75 Å². The Bertz CT molecular complexity index is 837. The zero-order valence-electron chi connectivity index (χ0n) is 15.9. The Kier molecular flexibility index (Phi) is 6.88. The van der Waals surface area contributed by atoms with Crippen molar-refractivity contribution in [1.82, 2.24) is 20.1 Å². The second-order valence-electron chi connectivity index (χ2n) is 6.52. The quantitative estimate of drug-likeness (QED) is 0.683. The predicted molar refractivity (Wildman–Crippen MR) is 104 cm³/mol. The number of nitrogens with one attached hydrogen (secondary N) is 1. The van der Waals surface area contributed by atoms with E-state index in [1.807, 2.05) is 23.5 Å². The second kappa shape index (κ2) is 9.38. The minimum absolute atomic E-state index is 0.205. The van der Waals surface area contributed by atoms with E-state index < -0.39 is 18.6 Å². The van der Waals surface area contributed by atoms with Gasteiger partial charge in [0.1, 0.15) is 12.3 Å². The summed E-state index contributed by atoms with van der Waals surface area (Å²) in [6.45, 7) is 0.318. The highest BCUT2D eigenvalue weighted by Crippen LogP contribution is 2.32. The third-order valence-electron chi connectivity index (χ3n) is 4.40. The summed E-state index contributed by atoms with van der Waals surface area (Å²) >= 11 is 1.03. The van der Waals surface area contributed by atoms with Gasteiger partial charge in [-0.15, -0.1) is 10.2 Å². The molecule has 0 aliphatic carbocycles. The molecule has 2 aromatic rings. The van der Waals surface area contributed by atoms with Crippen LogP contribution in [0.2, 0.25) is 0 Å². The Morgan fingerprint density at radius 2 is 1.93 bits per heavy atom. The molecule has 1 amide bonds. The van der Waals surface area contributed by atoms with Crippen LogP contribution in [0.4, 0.5) is 19.1 Å². The van der Waals surface area contributed by atoms with Gasteiger partial charge in [-0.05, 0) is 31.4 Å². The van der Waals surface area contributed by atoms with Crippen LogP contribution in [0, 0.1) is 0 Å². The molecule has 158 valence electrons. The fourth-order valence-electron chi connectivity index (χ4n) is 3.06. The van der Waals surface area contributed by atoms with E-state index in [1.54, 1.807) is 17.7 Å². The summed E-state index contributed by atoms with van der Waals surface area (Å²) in [4.78, 5) is 13.9. The van der Waals surface area contributed by atoms with Gasteiger partial charge < -0.3 is 15.0 Å². The number of amides is 1. The molecule has 2 heterocycles. The van der Waals surface area contributed by atoms with Crippen molar-refractivity contribution in [3.05, 3.63) is 24.3 Å². The largest absolute Gasteiger partial charge is 0.495 e. The van der Waals surface area contributed by atoms with Gasteiger partial charge >= 0.3 is 6.18 Å². The molecule has 1 aliphatic rings. The Hall–Kier alpha value is -2.43. The normalized spacial score (nSPS) is 14.7. The highest BCUT2D eigenvalue weighted by atomic mass is 32.2. The number of carbonyl (C=O) groups excluding carboxylic acids is 1. The van der Waals surface area contributed by atoms with Crippen LogP contribution in [0.25, 0.3) is 5.69 Å². The SMILES string of the molecule is COc1ccccc1-n1c(SCC(=O)NCC(F)(F)F)nnc1N1CCCCC1. The van der Waals surface area contributed by atoms with Gasteiger partial charge in [0.05, 0.1) is 18.6 Å². The van der Waals surface area contributed by atoms with Gasteiger partial charge in [0, 0.05) is 13.1 Å². The molecule has 1 N–H and O–H groups in total. The highest BCUT2D eigenvalue weighted by Gasteiger charge is 2.28. The van der Waals surface area contributed by atoms with Gasteiger partial charge in [-0.2, -0.15) is 13.2 Å². The number of thioether (sulfide) groups is 1. The van der Waals surface area contributed by atoms with E-state index in [2.05, 4.69) is 15.1 Å². The number of hydrogen-bond donors (Lipinski definition) is 1. The van der Waals surface area contributed by atoms with E-state index in [1.165, 1.54) is 0 Å². The van der Waals surface area contributed by atoms with E-state index in [4.69, 9.17) is 4.74 Å². The Balaban J connectivity index is 1.85. The number of halogens is 3. The zero-order chi connectivity index (χ0) is 20.9. The van der Waals surface area contributed by atoms with Gasteiger partial charge in [-0.1, -0.05) is 23.9 Å². The molecule has 1 aromatic carbocycles. The van der Waals surface area contributed by atoms with Crippen LogP contribution >= 0.6 is 11.8 Å². The number of ether oxygens (including phenoxy) is 1. The van der Waals surface area contributed by atoms with Crippen molar-refractivity contribution in [2.24, 2.45) is 0 Å². The fourth-order valence-corrected chi connectivity index (χ4v) is 3.83. The molecule has 7 nitrogen and oxygen atoms in total. The lowest BCUT2D eigenvalue weighted by atomic mass is 10.1. The Morgan fingerprint density at radius 3 is 2.62 bits per heavy atom. The van der Waals surface area contributed by atoms with Crippen molar-refractivity contribution >= 4 is 23.6 Å². The molecular weight excluding hydrogens is 407 g/mol. The second-order valence-corrected chi connectivity index (χ2v) is 7.46. The summed E-state index contributed by atoms with van der Waals surface area (Å²) in [5.41, 5.74) is 0.707. The number of benzene rings is 1. The fraction of sp³-hybridized carbons (Fsp3) is 0.500. The van der Waals surface area contributed by atoms with Crippen molar-refractivity contribution in [3.8, 4) is 11.4 Å². The molecule has 1 aromatic heterocycles. The first-order chi connectivity index (χ1) is 13.9. The van der Waals surface area contributed by atoms with E-state index in [0.29, 0.717) is 22.5 Å². The number of piperidine rings is 1. The summed E-state index contributed by atoms with van der Waals surface area (Å²) in [5, 5.41) is 10.8. The standard InChI is InChI=1S/C18H22F3N5O2S/c1-28-14-8-4-3-7-13(14)26-16(25-9-5-2-6-10-25)23-24-17(26)29-11-15(27)22-12-18(19,20)21/h3-4,7-8H,2,5-6,9-12H2,1H3,(H,22,27).